The molecular formula is C18H19ClN4O2. The fourth-order valence-corrected chi connectivity index (χ4v) is 2.78. The lowest BCUT2D eigenvalue weighted by Gasteiger charge is -2.13. The van der Waals surface area contributed by atoms with Crippen LogP contribution in [0.4, 0.5) is 0 Å². The van der Waals surface area contributed by atoms with Gasteiger partial charge in [0.05, 0.1) is 22.3 Å². The van der Waals surface area contributed by atoms with Crippen molar-refractivity contribution >= 4 is 17.4 Å². The third-order valence-electron chi connectivity index (χ3n) is 3.76. The van der Waals surface area contributed by atoms with Gasteiger partial charge in [0.2, 0.25) is 0 Å². The van der Waals surface area contributed by atoms with Crippen molar-refractivity contribution < 1.29 is 9.84 Å². The van der Waals surface area contributed by atoms with E-state index >= 15 is 0 Å². The van der Waals surface area contributed by atoms with Crippen LogP contribution in [0.1, 0.15) is 31.1 Å². The van der Waals surface area contributed by atoms with E-state index in [9.17, 15) is 5.11 Å². The Morgan fingerprint density at radius 2 is 2.00 bits per heavy atom. The molecule has 2 aromatic carbocycles. The average Bonchev–Trinajstić information content (AvgIpc) is 2.95. The van der Waals surface area contributed by atoms with Gasteiger partial charge >= 0.3 is 0 Å². The summed E-state index contributed by atoms with van der Waals surface area (Å²) >= 11 is 6.13. The maximum absolute atomic E-state index is 10.5. The summed E-state index contributed by atoms with van der Waals surface area (Å²) in [5, 5.41) is 19.6. The molecule has 0 aliphatic carbocycles. The molecular weight excluding hydrogens is 340 g/mol. The Kier molecular flexibility index (Phi) is 4.63. The van der Waals surface area contributed by atoms with E-state index in [0.29, 0.717) is 45.1 Å². The Balaban J connectivity index is 1.99. The monoisotopic (exact) mass is 358 g/mol. The first-order valence-electron chi connectivity index (χ1n) is 7.91. The van der Waals surface area contributed by atoms with E-state index in [4.69, 9.17) is 27.5 Å². The summed E-state index contributed by atoms with van der Waals surface area (Å²) in [5.41, 5.74) is 6.49. The van der Waals surface area contributed by atoms with Gasteiger partial charge in [-0.3, -0.25) is 15.4 Å². The Bertz CT molecular complexity index is 956. The van der Waals surface area contributed by atoms with Crippen LogP contribution >= 0.6 is 11.6 Å². The van der Waals surface area contributed by atoms with E-state index in [-0.39, 0.29) is 11.6 Å². The lowest BCUT2D eigenvalue weighted by atomic mass is 10.1. The van der Waals surface area contributed by atoms with Crippen molar-refractivity contribution in [2.24, 2.45) is 21.6 Å². The second-order valence-electron chi connectivity index (χ2n) is 6.27. The Labute approximate surface area is 150 Å². The number of benzene rings is 2. The highest BCUT2D eigenvalue weighted by atomic mass is 35.5. The minimum Gasteiger partial charge on any atom is -0.504 e. The maximum atomic E-state index is 10.5. The quantitative estimate of drug-likeness (QED) is 0.564. The van der Waals surface area contributed by atoms with Crippen molar-refractivity contribution in [2.75, 3.05) is 6.61 Å². The number of phenolic OH excluding ortho intramolecular Hbond substituents is 1. The molecule has 0 bridgehead atoms. The number of aromatic hydroxyl groups is 1. The van der Waals surface area contributed by atoms with Crippen LogP contribution in [0.5, 0.6) is 11.5 Å². The Morgan fingerprint density at radius 3 is 2.64 bits per heavy atom. The largest absolute Gasteiger partial charge is 0.504 e. The number of ether oxygens (including phenoxy) is 1. The number of phenols is 1. The molecule has 0 saturated heterocycles. The molecule has 130 valence electrons. The van der Waals surface area contributed by atoms with Gasteiger partial charge in [-0.15, -0.1) is 0 Å². The van der Waals surface area contributed by atoms with Crippen LogP contribution in [-0.2, 0) is 0 Å². The van der Waals surface area contributed by atoms with Crippen LogP contribution in [0.3, 0.4) is 0 Å². The average molecular weight is 359 g/mol. The molecule has 0 radical (unpaired) electrons. The van der Waals surface area contributed by atoms with Gasteiger partial charge in [-0.2, -0.15) is 0 Å². The number of para-hydroxylation sites is 1. The standard InChI is InChI=1S/C18H19ClN4O2/c1-9(2)8-25-15-5-3-4-10(16(15)24)18-22-13-6-11(17(20)21)12(19)7-14(13)23-18/h3-7,9,18,24H,8H2,1-2H3,(H3,20,21). The topological polar surface area (TPSA) is 104 Å². The normalized spacial score (nSPS) is 15.4. The minimum absolute atomic E-state index is 0.0337. The number of fused-ring (bicyclic) bond motifs is 1. The van der Waals surface area contributed by atoms with Crippen LogP contribution in [-0.4, -0.2) is 17.5 Å². The Hall–Kier alpha value is -2.60. The number of hydrogen-bond donors (Lipinski definition) is 3. The van der Waals surface area contributed by atoms with E-state index in [0.717, 1.165) is 0 Å². The van der Waals surface area contributed by atoms with Gasteiger partial charge in [0.1, 0.15) is 5.84 Å². The SMILES string of the molecule is CC(C)COc1cccc(C2N=c3cc(Cl)c(C(=N)N)cc3=N2)c1O. The zero-order valence-electron chi connectivity index (χ0n) is 14.0. The first-order valence-corrected chi connectivity index (χ1v) is 8.29. The molecule has 0 aromatic heterocycles. The van der Waals surface area contributed by atoms with Crippen LogP contribution in [0, 0.1) is 11.3 Å². The molecule has 1 aliphatic heterocycles. The highest BCUT2D eigenvalue weighted by Crippen LogP contribution is 2.36. The highest BCUT2D eigenvalue weighted by Gasteiger charge is 2.20. The van der Waals surface area contributed by atoms with E-state index in [1.54, 1.807) is 30.3 Å². The second kappa shape index (κ2) is 6.72. The third-order valence-corrected chi connectivity index (χ3v) is 4.07. The van der Waals surface area contributed by atoms with Gasteiger partial charge < -0.3 is 15.6 Å². The predicted molar refractivity (Wildman–Crippen MR) is 96.0 cm³/mol. The van der Waals surface area contributed by atoms with Crippen molar-refractivity contribution in [2.45, 2.75) is 20.0 Å². The van der Waals surface area contributed by atoms with Crippen LogP contribution < -0.4 is 21.2 Å². The van der Waals surface area contributed by atoms with Gasteiger partial charge in [-0.05, 0) is 24.1 Å². The zero-order valence-corrected chi connectivity index (χ0v) is 14.7. The summed E-state index contributed by atoms with van der Waals surface area (Å²) < 4.78 is 5.65. The number of nitrogens with two attached hydrogens (primary N) is 1. The molecule has 2 aromatic rings. The summed E-state index contributed by atoms with van der Waals surface area (Å²) in [4.78, 5) is 9.01. The molecule has 3 rings (SSSR count). The molecule has 6 nitrogen and oxygen atoms in total. The summed E-state index contributed by atoms with van der Waals surface area (Å²) in [6.45, 7) is 4.58. The second-order valence-corrected chi connectivity index (χ2v) is 6.67. The van der Waals surface area contributed by atoms with Gasteiger partial charge in [0.15, 0.2) is 17.7 Å². The van der Waals surface area contributed by atoms with Crippen LogP contribution in [0.25, 0.3) is 0 Å². The fourth-order valence-electron chi connectivity index (χ4n) is 2.52. The highest BCUT2D eigenvalue weighted by molar-refractivity contribution is 6.33. The number of nitrogen functional groups attached to an aromatic ring is 1. The number of rotatable bonds is 5. The van der Waals surface area contributed by atoms with Gasteiger partial charge in [0, 0.05) is 11.1 Å². The molecule has 0 fully saturated rings. The number of halogens is 1. The number of amidine groups is 1. The van der Waals surface area contributed by atoms with E-state index in [1.165, 1.54) is 0 Å². The molecule has 4 N–H and O–H groups in total. The minimum atomic E-state index is -0.587. The summed E-state index contributed by atoms with van der Waals surface area (Å²) in [5.74, 6) is 0.667. The van der Waals surface area contributed by atoms with Crippen molar-refractivity contribution in [3.63, 3.8) is 0 Å². The number of nitrogens with one attached hydrogen (secondary N) is 1. The van der Waals surface area contributed by atoms with Gasteiger partial charge in [-0.1, -0.05) is 37.6 Å². The molecule has 0 amide bonds. The molecule has 25 heavy (non-hydrogen) atoms. The van der Waals surface area contributed by atoms with Crippen molar-refractivity contribution in [3.05, 3.63) is 57.2 Å². The van der Waals surface area contributed by atoms with Gasteiger partial charge in [-0.25, -0.2) is 0 Å². The molecule has 0 saturated carbocycles. The first-order chi connectivity index (χ1) is 11.9. The van der Waals surface area contributed by atoms with Crippen LogP contribution in [0.2, 0.25) is 5.02 Å². The number of hydrogen-bond acceptors (Lipinski definition) is 5. The van der Waals surface area contributed by atoms with E-state index in [2.05, 4.69) is 9.98 Å². The fraction of sp³-hybridized carbons (Fsp3) is 0.278. The van der Waals surface area contributed by atoms with Gasteiger partial charge in [0.25, 0.3) is 0 Å². The molecule has 7 heteroatoms. The third kappa shape index (κ3) is 3.44. The van der Waals surface area contributed by atoms with Crippen LogP contribution in [0.15, 0.2) is 40.3 Å². The van der Waals surface area contributed by atoms with Crippen molar-refractivity contribution in [1.29, 1.82) is 5.41 Å². The Morgan fingerprint density at radius 1 is 1.32 bits per heavy atom. The first kappa shape index (κ1) is 17.2. The predicted octanol–water partition coefficient (Wildman–Crippen LogP) is 2.32. The zero-order chi connectivity index (χ0) is 18.1. The lowest BCUT2D eigenvalue weighted by molar-refractivity contribution is 0.258. The molecule has 1 unspecified atom stereocenters. The molecule has 0 spiro atoms. The van der Waals surface area contributed by atoms with E-state index < -0.39 is 6.17 Å². The lowest BCUT2D eigenvalue weighted by Crippen LogP contribution is -2.25. The molecule has 1 atom stereocenters. The van der Waals surface area contributed by atoms with Crippen molar-refractivity contribution in [1.82, 2.24) is 0 Å². The maximum Gasteiger partial charge on any atom is 0.170 e. The number of nitrogens with zero attached hydrogens (tertiary/aromatic N) is 2. The van der Waals surface area contributed by atoms with Crippen molar-refractivity contribution in [3.8, 4) is 11.5 Å². The summed E-state index contributed by atoms with van der Waals surface area (Å²) in [6.07, 6.45) is -0.587. The molecule has 1 heterocycles. The summed E-state index contributed by atoms with van der Waals surface area (Å²) in [7, 11) is 0. The van der Waals surface area contributed by atoms with E-state index in [1.807, 2.05) is 13.8 Å². The summed E-state index contributed by atoms with van der Waals surface area (Å²) in [6, 6.07) is 8.54. The molecule has 1 aliphatic rings. The smallest absolute Gasteiger partial charge is 0.170 e.